The first-order valence-corrected chi connectivity index (χ1v) is 6.70. The number of anilines is 1. The Kier molecular flexibility index (Phi) is 3.28. The Morgan fingerprint density at radius 2 is 1.55 bits per heavy atom. The van der Waals surface area contributed by atoms with Gasteiger partial charge in [0, 0.05) is 31.9 Å². The average molecular weight is 286 g/mol. The Morgan fingerprint density at radius 1 is 1.00 bits per heavy atom. The molecule has 0 bridgehead atoms. The SMILES string of the molecule is CN1CC2CN(c3ccc(OC(F)(F)F)cc3)CC2C1. The van der Waals surface area contributed by atoms with E-state index in [-0.39, 0.29) is 5.75 Å². The first kappa shape index (κ1) is 13.5. The normalized spacial score (nSPS) is 26.9. The van der Waals surface area contributed by atoms with E-state index in [2.05, 4.69) is 21.6 Å². The van der Waals surface area contributed by atoms with Crippen molar-refractivity contribution in [3.8, 4) is 5.75 Å². The molecule has 0 saturated carbocycles. The van der Waals surface area contributed by atoms with Crippen molar-refractivity contribution in [1.82, 2.24) is 4.90 Å². The quantitative estimate of drug-likeness (QED) is 0.831. The van der Waals surface area contributed by atoms with Crippen LogP contribution in [0, 0.1) is 11.8 Å². The lowest BCUT2D eigenvalue weighted by atomic mass is 10.0. The minimum Gasteiger partial charge on any atom is -0.406 e. The summed E-state index contributed by atoms with van der Waals surface area (Å²) in [7, 11) is 2.13. The highest BCUT2D eigenvalue weighted by molar-refractivity contribution is 5.50. The Morgan fingerprint density at radius 3 is 2.05 bits per heavy atom. The van der Waals surface area contributed by atoms with Crippen molar-refractivity contribution >= 4 is 5.69 Å². The summed E-state index contributed by atoms with van der Waals surface area (Å²) in [6.07, 6.45) is -4.63. The van der Waals surface area contributed by atoms with Gasteiger partial charge < -0.3 is 14.5 Å². The molecule has 110 valence electrons. The number of hydrogen-bond acceptors (Lipinski definition) is 3. The molecule has 3 rings (SSSR count). The van der Waals surface area contributed by atoms with Gasteiger partial charge in [-0.25, -0.2) is 0 Å². The highest BCUT2D eigenvalue weighted by atomic mass is 19.4. The number of nitrogens with zero attached hydrogens (tertiary/aromatic N) is 2. The largest absolute Gasteiger partial charge is 0.573 e. The van der Waals surface area contributed by atoms with Gasteiger partial charge in [-0.1, -0.05) is 0 Å². The van der Waals surface area contributed by atoms with E-state index >= 15 is 0 Å². The number of rotatable bonds is 2. The summed E-state index contributed by atoms with van der Waals surface area (Å²) in [4.78, 5) is 4.59. The van der Waals surface area contributed by atoms with Gasteiger partial charge in [0.25, 0.3) is 0 Å². The molecule has 2 aliphatic heterocycles. The Labute approximate surface area is 115 Å². The number of alkyl halides is 3. The summed E-state index contributed by atoms with van der Waals surface area (Å²) in [5, 5.41) is 0. The third-order valence-electron chi connectivity index (χ3n) is 4.10. The van der Waals surface area contributed by atoms with Crippen molar-refractivity contribution in [2.75, 3.05) is 38.1 Å². The molecule has 1 aromatic carbocycles. The highest BCUT2D eigenvalue weighted by Gasteiger charge is 2.38. The summed E-state index contributed by atoms with van der Waals surface area (Å²) in [5.74, 6) is 1.18. The van der Waals surface area contributed by atoms with E-state index in [0.29, 0.717) is 11.8 Å². The summed E-state index contributed by atoms with van der Waals surface area (Å²) < 4.78 is 40.2. The minimum absolute atomic E-state index is 0.166. The smallest absolute Gasteiger partial charge is 0.406 e. The lowest BCUT2D eigenvalue weighted by Crippen LogP contribution is -2.26. The number of likely N-dealkylation sites (tertiary alicyclic amines) is 1. The van der Waals surface area contributed by atoms with E-state index in [9.17, 15) is 13.2 Å². The van der Waals surface area contributed by atoms with Gasteiger partial charge >= 0.3 is 6.36 Å². The summed E-state index contributed by atoms with van der Waals surface area (Å²) in [6, 6.07) is 6.16. The molecule has 6 heteroatoms. The van der Waals surface area contributed by atoms with E-state index < -0.39 is 6.36 Å². The molecule has 0 aliphatic carbocycles. The molecule has 0 N–H and O–H groups in total. The zero-order valence-electron chi connectivity index (χ0n) is 11.2. The van der Waals surface area contributed by atoms with Crippen LogP contribution < -0.4 is 9.64 Å². The number of fused-ring (bicyclic) bond motifs is 1. The van der Waals surface area contributed by atoms with Crippen molar-refractivity contribution in [3.05, 3.63) is 24.3 Å². The summed E-state index contributed by atoms with van der Waals surface area (Å²) >= 11 is 0. The van der Waals surface area contributed by atoms with Gasteiger partial charge in [-0.3, -0.25) is 0 Å². The third-order valence-corrected chi connectivity index (χ3v) is 4.10. The fraction of sp³-hybridized carbons (Fsp3) is 0.571. The fourth-order valence-corrected chi connectivity index (χ4v) is 3.30. The van der Waals surface area contributed by atoms with Crippen LogP contribution >= 0.6 is 0 Å². The van der Waals surface area contributed by atoms with Crippen LogP contribution in [0.25, 0.3) is 0 Å². The number of hydrogen-bond donors (Lipinski definition) is 0. The molecule has 2 heterocycles. The minimum atomic E-state index is -4.63. The zero-order chi connectivity index (χ0) is 14.3. The van der Waals surface area contributed by atoms with E-state index in [4.69, 9.17) is 0 Å². The van der Waals surface area contributed by atoms with Crippen molar-refractivity contribution in [2.24, 2.45) is 11.8 Å². The summed E-state index contributed by atoms with van der Waals surface area (Å²) in [5.41, 5.74) is 0.969. The van der Waals surface area contributed by atoms with Gasteiger partial charge in [-0.15, -0.1) is 13.2 Å². The molecule has 2 saturated heterocycles. The molecule has 2 unspecified atom stereocenters. The van der Waals surface area contributed by atoms with Crippen LogP contribution in [0.2, 0.25) is 0 Å². The lowest BCUT2D eigenvalue weighted by molar-refractivity contribution is -0.274. The Balaban J connectivity index is 1.64. The summed E-state index contributed by atoms with van der Waals surface area (Å²) in [6.45, 7) is 4.18. The van der Waals surface area contributed by atoms with Gasteiger partial charge in [0.05, 0.1) is 0 Å². The third kappa shape index (κ3) is 2.85. The predicted octanol–water partition coefficient (Wildman–Crippen LogP) is 2.58. The van der Waals surface area contributed by atoms with Gasteiger partial charge in [-0.05, 0) is 43.1 Å². The maximum atomic E-state index is 12.1. The van der Waals surface area contributed by atoms with Crippen LogP contribution in [-0.2, 0) is 0 Å². The molecule has 2 atom stereocenters. The maximum absolute atomic E-state index is 12.1. The van der Waals surface area contributed by atoms with E-state index in [1.54, 1.807) is 12.1 Å². The van der Waals surface area contributed by atoms with Crippen LogP contribution in [0.3, 0.4) is 0 Å². The molecule has 0 aromatic heterocycles. The predicted molar refractivity (Wildman–Crippen MR) is 69.8 cm³/mol. The number of halogens is 3. The second kappa shape index (κ2) is 4.84. The number of benzene rings is 1. The topological polar surface area (TPSA) is 15.7 Å². The standard InChI is InChI=1S/C14H17F3N2O/c1-18-6-10-8-19(9-11(10)7-18)12-2-4-13(5-3-12)20-14(15,16)17/h2-5,10-11H,6-9H2,1H3. The lowest BCUT2D eigenvalue weighted by Gasteiger charge is -2.21. The van der Waals surface area contributed by atoms with Crippen molar-refractivity contribution in [2.45, 2.75) is 6.36 Å². The molecular weight excluding hydrogens is 269 g/mol. The zero-order valence-corrected chi connectivity index (χ0v) is 11.2. The fourth-order valence-electron chi connectivity index (χ4n) is 3.30. The first-order valence-electron chi connectivity index (χ1n) is 6.70. The van der Waals surface area contributed by atoms with E-state index in [1.807, 2.05) is 0 Å². The Hall–Kier alpha value is -1.43. The van der Waals surface area contributed by atoms with E-state index in [0.717, 1.165) is 31.9 Å². The van der Waals surface area contributed by atoms with Gasteiger partial charge in [0.2, 0.25) is 0 Å². The van der Waals surface area contributed by atoms with E-state index in [1.165, 1.54) is 12.1 Å². The molecule has 20 heavy (non-hydrogen) atoms. The molecule has 1 aromatic rings. The molecule has 0 spiro atoms. The molecule has 2 fully saturated rings. The Bertz CT molecular complexity index is 460. The highest BCUT2D eigenvalue weighted by Crippen LogP contribution is 2.34. The molecule has 0 radical (unpaired) electrons. The second-order valence-electron chi connectivity index (χ2n) is 5.69. The van der Waals surface area contributed by atoms with Crippen molar-refractivity contribution in [3.63, 3.8) is 0 Å². The van der Waals surface area contributed by atoms with Crippen molar-refractivity contribution in [1.29, 1.82) is 0 Å². The molecular formula is C14H17F3N2O. The van der Waals surface area contributed by atoms with Crippen LogP contribution in [0.1, 0.15) is 0 Å². The van der Waals surface area contributed by atoms with Crippen molar-refractivity contribution < 1.29 is 17.9 Å². The second-order valence-corrected chi connectivity index (χ2v) is 5.69. The average Bonchev–Trinajstić information content (AvgIpc) is 2.84. The monoisotopic (exact) mass is 286 g/mol. The van der Waals surface area contributed by atoms with Gasteiger partial charge in [0.15, 0.2) is 0 Å². The van der Waals surface area contributed by atoms with Gasteiger partial charge in [-0.2, -0.15) is 0 Å². The van der Waals surface area contributed by atoms with Crippen LogP contribution in [0.15, 0.2) is 24.3 Å². The molecule has 0 amide bonds. The van der Waals surface area contributed by atoms with Crippen LogP contribution in [0.5, 0.6) is 5.75 Å². The molecule has 3 nitrogen and oxygen atoms in total. The maximum Gasteiger partial charge on any atom is 0.573 e. The number of ether oxygens (including phenoxy) is 1. The molecule has 2 aliphatic rings. The van der Waals surface area contributed by atoms with Crippen LogP contribution in [0.4, 0.5) is 18.9 Å². The van der Waals surface area contributed by atoms with Gasteiger partial charge in [0.1, 0.15) is 5.75 Å². The first-order chi connectivity index (χ1) is 9.40. The van der Waals surface area contributed by atoms with Crippen LogP contribution in [-0.4, -0.2) is 44.5 Å².